The second-order valence-electron chi connectivity index (χ2n) is 7.05. The summed E-state index contributed by atoms with van der Waals surface area (Å²) >= 11 is 0. The zero-order valence-corrected chi connectivity index (χ0v) is 13.8. The van der Waals surface area contributed by atoms with Gasteiger partial charge in [-0.3, -0.25) is 0 Å². The molecule has 2 aliphatic rings. The number of nitrogens with zero attached hydrogens (tertiary/aromatic N) is 1. The minimum atomic E-state index is -0.640. The summed E-state index contributed by atoms with van der Waals surface area (Å²) < 4.78 is 5.10. The Morgan fingerprint density at radius 1 is 1.14 bits per heavy atom. The minimum Gasteiger partial charge on any atom is -0.443 e. The van der Waals surface area contributed by atoms with Gasteiger partial charge in [-0.1, -0.05) is 0 Å². The molecule has 1 atom stereocenters. The number of hydrazine groups is 1. The highest BCUT2D eigenvalue weighted by Crippen LogP contribution is 2.29. The highest BCUT2D eigenvalue weighted by Gasteiger charge is 2.35. The molecule has 2 fully saturated rings. The topological polar surface area (TPSA) is 82.7 Å². The average molecular weight is 312 g/mol. The van der Waals surface area contributed by atoms with Crippen LogP contribution in [0.15, 0.2) is 0 Å². The van der Waals surface area contributed by atoms with E-state index in [0.717, 1.165) is 45.3 Å². The Morgan fingerprint density at radius 2 is 1.82 bits per heavy atom. The number of piperidine rings is 1. The van der Waals surface area contributed by atoms with Crippen LogP contribution in [0.4, 0.5) is 9.59 Å². The predicted octanol–water partition coefficient (Wildman–Crippen LogP) is 1.60. The molecule has 2 aliphatic heterocycles. The van der Waals surface area contributed by atoms with Crippen molar-refractivity contribution in [1.82, 2.24) is 21.1 Å². The molecular weight excluding hydrogens is 284 g/mol. The van der Waals surface area contributed by atoms with Crippen molar-refractivity contribution >= 4 is 12.1 Å². The average Bonchev–Trinajstić information content (AvgIpc) is 2.93. The lowest BCUT2D eigenvalue weighted by Crippen LogP contribution is -2.53. The van der Waals surface area contributed by atoms with Gasteiger partial charge in [0.25, 0.3) is 0 Å². The molecule has 7 heteroatoms. The zero-order chi connectivity index (χ0) is 16.2. The van der Waals surface area contributed by atoms with Crippen molar-refractivity contribution in [2.75, 3.05) is 19.6 Å². The Hall–Kier alpha value is -1.50. The van der Waals surface area contributed by atoms with E-state index in [1.807, 2.05) is 4.90 Å². The minimum absolute atomic E-state index is 0.244. The Balaban J connectivity index is 1.82. The predicted molar refractivity (Wildman–Crippen MR) is 83.2 cm³/mol. The lowest BCUT2D eigenvalue weighted by molar-refractivity contribution is 0.0496. The molecule has 0 radical (unpaired) electrons. The second kappa shape index (κ2) is 7.17. The summed E-state index contributed by atoms with van der Waals surface area (Å²) in [6.45, 7) is 8.13. The van der Waals surface area contributed by atoms with Gasteiger partial charge in [-0.05, 0) is 65.5 Å². The van der Waals surface area contributed by atoms with Gasteiger partial charge in [0.2, 0.25) is 0 Å². The van der Waals surface area contributed by atoms with E-state index >= 15 is 0 Å². The molecule has 7 nitrogen and oxygen atoms in total. The lowest BCUT2D eigenvalue weighted by Gasteiger charge is -2.34. The fourth-order valence-corrected chi connectivity index (χ4v) is 3.24. The molecule has 2 saturated heterocycles. The van der Waals surface area contributed by atoms with Crippen molar-refractivity contribution in [3.8, 4) is 0 Å². The Kier molecular flexibility index (Phi) is 5.50. The monoisotopic (exact) mass is 312 g/mol. The lowest BCUT2D eigenvalue weighted by atomic mass is 9.89. The van der Waals surface area contributed by atoms with Gasteiger partial charge < -0.3 is 15.0 Å². The van der Waals surface area contributed by atoms with Crippen molar-refractivity contribution in [3.63, 3.8) is 0 Å². The number of likely N-dealkylation sites (tertiary alicyclic amines) is 1. The Morgan fingerprint density at radius 3 is 2.45 bits per heavy atom. The molecule has 2 heterocycles. The molecule has 0 aromatic rings. The molecule has 0 aromatic carbocycles. The number of ether oxygens (including phenoxy) is 1. The van der Waals surface area contributed by atoms with Crippen LogP contribution in [0.25, 0.3) is 0 Å². The van der Waals surface area contributed by atoms with E-state index in [1.165, 1.54) is 0 Å². The molecule has 0 unspecified atom stereocenters. The largest absolute Gasteiger partial charge is 0.443 e. The number of hydrogen-bond donors (Lipinski definition) is 3. The Labute approximate surface area is 132 Å². The smallest absolute Gasteiger partial charge is 0.426 e. The molecule has 2 rings (SSSR count). The summed E-state index contributed by atoms with van der Waals surface area (Å²) in [5, 5.41) is 3.35. The Bertz CT molecular complexity index is 402. The number of carbonyl (C=O) groups excluding carboxylic acids is 2. The number of urea groups is 1. The first-order valence-corrected chi connectivity index (χ1v) is 8.13. The van der Waals surface area contributed by atoms with Crippen LogP contribution >= 0.6 is 0 Å². The van der Waals surface area contributed by atoms with Crippen molar-refractivity contribution in [1.29, 1.82) is 0 Å². The molecule has 3 amide bonds. The fourth-order valence-electron chi connectivity index (χ4n) is 3.24. The summed E-state index contributed by atoms with van der Waals surface area (Å²) in [6, 6.07) is 0.0365. The standard InChI is InChI=1S/C15H28N4O3/c1-15(2,3)22-14(21)18-17-13(20)19-10-4-5-12(19)11-6-8-16-9-7-11/h11-12,16H,4-10H2,1-3H3,(H,17,20)(H,18,21)/t12-/m0/s1. The van der Waals surface area contributed by atoms with Crippen LogP contribution in [0.3, 0.4) is 0 Å². The second-order valence-corrected chi connectivity index (χ2v) is 7.05. The van der Waals surface area contributed by atoms with E-state index in [2.05, 4.69) is 16.2 Å². The van der Waals surface area contributed by atoms with Crippen LogP contribution in [0.1, 0.15) is 46.5 Å². The summed E-state index contributed by atoms with van der Waals surface area (Å²) in [6.07, 6.45) is 3.64. The van der Waals surface area contributed by atoms with Gasteiger partial charge in [0.05, 0.1) is 0 Å². The van der Waals surface area contributed by atoms with Crippen LogP contribution in [0.5, 0.6) is 0 Å². The van der Waals surface area contributed by atoms with Crippen molar-refractivity contribution < 1.29 is 14.3 Å². The van der Waals surface area contributed by atoms with E-state index in [0.29, 0.717) is 5.92 Å². The van der Waals surface area contributed by atoms with Gasteiger partial charge >= 0.3 is 12.1 Å². The summed E-state index contributed by atoms with van der Waals surface area (Å²) in [5.74, 6) is 0.552. The zero-order valence-electron chi connectivity index (χ0n) is 13.8. The van der Waals surface area contributed by atoms with Crippen LogP contribution < -0.4 is 16.2 Å². The maximum absolute atomic E-state index is 12.3. The SMILES string of the molecule is CC(C)(C)OC(=O)NNC(=O)N1CCC[C@H]1C1CCNCC1. The van der Waals surface area contributed by atoms with Gasteiger partial charge in [-0.15, -0.1) is 0 Å². The van der Waals surface area contributed by atoms with E-state index < -0.39 is 11.7 Å². The molecule has 0 bridgehead atoms. The molecule has 126 valence electrons. The normalized spacial score (nSPS) is 23.2. The highest BCUT2D eigenvalue weighted by atomic mass is 16.6. The summed E-state index contributed by atoms with van der Waals surface area (Å²) in [4.78, 5) is 25.7. The van der Waals surface area contributed by atoms with E-state index in [-0.39, 0.29) is 12.1 Å². The van der Waals surface area contributed by atoms with Gasteiger partial charge in [-0.2, -0.15) is 0 Å². The van der Waals surface area contributed by atoms with Gasteiger partial charge in [0.1, 0.15) is 5.60 Å². The maximum Gasteiger partial charge on any atom is 0.426 e. The number of carbonyl (C=O) groups is 2. The first-order chi connectivity index (χ1) is 10.4. The first kappa shape index (κ1) is 16.9. The van der Waals surface area contributed by atoms with E-state index in [9.17, 15) is 9.59 Å². The van der Waals surface area contributed by atoms with Gasteiger partial charge in [-0.25, -0.2) is 20.4 Å². The van der Waals surface area contributed by atoms with Crippen LogP contribution in [-0.4, -0.2) is 48.3 Å². The number of nitrogens with one attached hydrogen (secondary N) is 3. The number of hydrogen-bond acceptors (Lipinski definition) is 4. The third-order valence-electron chi connectivity index (χ3n) is 4.16. The van der Waals surface area contributed by atoms with Gasteiger partial charge in [0.15, 0.2) is 0 Å². The molecule has 0 aliphatic carbocycles. The molecule has 22 heavy (non-hydrogen) atoms. The first-order valence-electron chi connectivity index (χ1n) is 8.13. The van der Waals surface area contributed by atoms with Crippen LogP contribution in [0.2, 0.25) is 0 Å². The van der Waals surface area contributed by atoms with Gasteiger partial charge in [0, 0.05) is 12.6 Å². The summed E-state index contributed by atoms with van der Waals surface area (Å²) in [7, 11) is 0. The molecular formula is C15H28N4O3. The number of rotatable bonds is 1. The molecule has 0 spiro atoms. The fraction of sp³-hybridized carbons (Fsp3) is 0.867. The molecule has 3 N–H and O–H groups in total. The third-order valence-corrected chi connectivity index (χ3v) is 4.16. The third kappa shape index (κ3) is 4.76. The van der Waals surface area contributed by atoms with E-state index in [4.69, 9.17) is 4.74 Å². The molecule has 0 saturated carbocycles. The van der Waals surface area contributed by atoms with E-state index in [1.54, 1.807) is 20.8 Å². The van der Waals surface area contributed by atoms with Crippen molar-refractivity contribution in [2.24, 2.45) is 5.92 Å². The maximum atomic E-state index is 12.3. The van der Waals surface area contributed by atoms with Crippen molar-refractivity contribution in [3.05, 3.63) is 0 Å². The quantitative estimate of drug-likeness (QED) is 0.642. The molecule has 0 aromatic heterocycles. The van der Waals surface area contributed by atoms with Crippen molar-refractivity contribution in [2.45, 2.75) is 58.1 Å². The van der Waals surface area contributed by atoms with Crippen LogP contribution in [-0.2, 0) is 4.74 Å². The van der Waals surface area contributed by atoms with Crippen LogP contribution in [0, 0.1) is 5.92 Å². The highest BCUT2D eigenvalue weighted by molar-refractivity contribution is 5.78. The summed E-state index contributed by atoms with van der Waals surface area (Å²) in [5.41, 5.74) is 4.20. The number of amides is 3.